The van der Waals surface area contributed by atoms with Gasteiger partial charge in [-0.25, -0.2) is 0 Å². The Morgan fingerprint density at radius 3 is 0.400 bits per heavy atom. The molecule has 0 aromatic rings. The van der Waals surface area contributed by atoms with Gasteiger partial charge in [0.15, 0.2) is 0 Å². The van der Waals surface area contributed by atoms with E-state index in [-0.39, 0.29) is 49.6 Å². The van der Waals surface area contributed by atoms with Crippen LogP contribution in [0.25, 0.3) is 0 Å². The van der Waals surface area contributed by atoms with Gasteiger partial charge in [0.05, 0.1) is 7.85 Å². The first-order valence-electron chi connectivity index (χ1n) is 8.90. The Labute approximate surface area is 216 Å². The second-order valence-electron chi connectivity index (χ2n) is 6.92. The van der Waals surface area contributed by atoms with Crippen LogP contribution in [0.5, 0.6) is 0 Å². The van der Waals surface area contributed by atoms with E-state index < -0.39 is 0 Å². The second kappa shape index (κ2) is 17.5. The fourth-order valence-corrected chi connectivity index (χ4v) is 1.07. The summed E-state index contributed by atoms with van der Waals surface area (Å²) in [6.45, 7) is 38.0. The van der Waals surface area contributed by atoms with Crippen LogP contribution in [0.2, 0.25) is 6.82 Å². The van der Waals surface area contributed by atoms with Gasteiger partial charge in [-0.05, 0) is 87.8 Å². The van der Waals surface area contributed by atoms with Crippen molar-refractivity contribution in [1.82, 2.24) is 0 Å². The predicted molar refractivity (Wildman–Crippen MR) is 133 cm³/mol. The summed E-state index contributed by atoms with van der Waals surface area (Å²) in [4.78, 5) is 0. The van der Waals surface area contributed by atoms with E-state index in [1.165, 1.54) is 62.6 Å². The number of hydrogen-bond acceptors (Lipinski definition) is 0. The summed E-state index contributed by atoms with van der Waals surface area (Å²) in [5.74, 6) is 0. The van der Waals surface area contributed by atoms with Crippen molar-refractivity contribution in [2.75, 3.05) is 0 Å². The van der Waals surface area contributed by atoms with E-state index in [1.807, 2.05) is 0 Å². The van der Waals surface area contributed by atoms with Gasteiger partial charge in [-0.3, -0.25) is 0 Å². The maximum atomic E-state index is 4.50. The van der Waals surface area contributed by atoms with Crippen molar-refractivity contribution in [3.63, 3.8) is 0 Å². The fraction of sp³-hybridized carbons (Fsp3) is 0.259. The van der Waals surface area contributed by atoms with E-state index in [2.05, 4.69) is 73.6 Å². The van der Waals surface area contributed by atoms with Gasteiger partial charge in [0, 0.05) is 42.1 Å². The van der Waals surface area contributed by atoms with Crippen LogP contribution >= 0.6 is 0 Å². The molecule has 30 heavy (non-hydrogen) atoms. The molecule has 2 radical (unpaired) electrons. The molecule has 5 aliphatic carbocycles. The predicted octanol–water partition coefficient (Wildman–Crippen LogP) is 8.35. The number of rotatable bonds is 0. The molecule has 0 heterocycles. The summed E-state index contributed by atoms with van der Waals surface area (Å²) in [6.07, 6.45) is 5.42. The quantitative estimate of drug-likeness (QED) is 0.219. The van der Waals surface area contributed by atoms with Gasteiger partial charge in [-0.2, -0.15) is 0 Å². The molecule has 0 aromatic carbocycles. The molecular weight excluding hydrogens is 703 g/mol. The molecule has 0 unspecified atom stereocenters. The van der Waals surface area contributed by atoms with Gasteiger partial charge in [-0.1, -0.05) is 80.0 Å². The van der Waals surface area contributed by atoms with Crippen LogP contribution < -0.4 is 0 Å². The first-order chi connectivity index (χ1) is 12.5. The van der Waals surface area contributed by atoms with Crippen LogP contribution in [-0.4, -0.2) is 7.85 Å². The van der Waals surface area contributed by atoms with Gasteiger partial charge in [0.1, 0.15) is 0 Å². The first kappa shape index (κ1) is 36.2. The van der Waals surface area contributed by atoms with Gasteiger partial charge < -0.3 is 0 Å². The molecule has 0 nitrogen and oxygen atoms in total. The minimum atomic E-state index is 0. The maximum absolute atomic E-state index is 4.50. The van der Waals surface area contributed by atoms with Gasteiger partial charge in [-0.15, -0.1) is 0 Å². The average molecular weight is 740 g/mol. The molecule has 0 bridgehead atoms. The topological polar surface area (TPSA) is 0 Å². The van der Waals surface area contributed by atoms with Crippen molar-refractivity contribution in [2.24, 2.45) is 0 Å². The minimum Gasteiger partial charge on any atom is -0.0999 e. The average Bonchev–Trinajstić information content (AvgIpc) is 3.48. The van der Waals surface area contributed by atoms with Crippen molar-refractivity contribution in [2.45, 2.75) is 46.4 Å². The first-order valence-corrected chi connectivity index (χ1v) is 8.90. The zero-order chi connectivity index (χ0) is 21.3. The summed E-state index contributed by atoms with van der Waals surface area (Å²) in [7, 11) is 4.50. The Balaban J connectivity index is -0.000000135. The Kier molecular flexibility index (Phi) is 21.2. The van der Waals surface area contributed by atoms with E-state index in [0.717, 1.165) is 32.1 Å². The molecule has 5 saturated carbocycles. The molecular formula is C27H37BW2. The van der Waals surface area contributed by atoms with E-state index in [0.29, 0.717) is 0 Å². The summed E-state index contributed by atoms with van der Waals surface area (Å²) in [6, 6.07) is 0. The molecule has 3 heteroatoms. The maximum Gasteiger partial charge on any atom is 0.0606 e. The molecule has 0 N–H and O–H groups in total. The van der Waals surface area contributed by atoms with Crippen LogP contribution in [0.4, 0.5) is 0 Å². The van der Waals surface area contributed by atoms with E-state index in [4.69, 9.17) is 0 Å². The Morgan fingerprint density at radius 2 is 0.400 bits per heavy atom. The van der Waals surface area contributed by atoms with E-state index >= 15 is 0 Å². The second-order valence-corrected chi connectivity index (χ2v) is 6.92. The smallest absolute Gasteiger partial charge is 0.0606 e. The van der Waals surface area contributed by atoms with Gasteiger partial charge in [0.25, 0.3) is 0 Å². The van der Waals surface area contributed by atoms with Crippen molar-refractivity contribution >= 4 is 7.85 Å². The van der Waals surface area contributed by atoms with Gasteiger partial charge >= 0.3 is 0 Å². The molecule has 0 aliphatic heterocycles. The third kappa shape index (κ3) is 21.5. The normalized spacial score (nSPS) is 16.8. The van der Waals surface area contributed by atoms with Crippen LogP contribution in [0, 0.1) is 0 Å². The van der Waals surface area contributed by atoms with Gasteiger partial charge in [0.2, 0.25) is 0 Å². The Bertz CT molecular complexity index is 549. The van der Waals surface area contributed by atoms with Crippen molar-refractivity contribution in [3.05, 3.63) is 122 Å². The van der Waals surface area contributed by atoms with Crippen LogP contribution in [-0.2, 0) is 42.1 Å². The Morgan fingerprint density at radius 1 is 0.367 bits per heavy atom. The largest absolute Gasteiger partial charge is 0.0999 e. The summed E-state index contributed by atoms with van der Waals surface area (Å²) in [5, 5.41) is 0. The molecule has 0 saturated heterocycles. The molecule has 5 rings (SSSR count). The van der Waals surface area contributed by atoms with Crippen LogP contribution in [0.15, 0.2) is 122 Å². The van der Waals surface area contributed by atoms with Crippen LogP contribution in [0.3, 0.4) is 0 Å². The van der Waals surface area contributed by atoms with Crippen molar-refractivity contribution in [1.29, 1.82) is 0 Å². The van der Waals surface area contributed by atoms with E-state index in [9.17, 15) is 0 Å². The number of hydrogen-bond donors (Lipinski definition) is 0. The standard InChI is InChI=1S/5C5H6.CH3B.CH4.2W/c5*1-4-3-5(4)2;1-2;;;/h5*1-3H2;1H3;1H4;;. The molecule has 0 amide bonds. The molecule has 5 aliphatic rings. The zero-order valence-corrected chi connectivity index (χ0v) is 23.9. The van der Waals surface area contributed by atoms with Crippen molar-refractivity contribution < 1.29 is 42.1 Å². The SMILES string of the molecule is C.C=C1CC1=C.C=C1CC1=C.C=C1CC1=C.C=C1CC1=C.C=C1CC1=C.[B]C.[W].[W]. The Hall–Kier alpha value is -1.16. The van der Waals surface area contributed by atoms with E-state index in [1.54, 1.807) is 0 Å². The number of allylic oxidation sites excluding steroid dienone is 10. The fourth-order valence-electron chi connectivity index (χ4n) is 1.07. The molecule has 0 spiro atoms. The van der Waals surface area contributed by atoms with Crippen LogP contribution in [0.1, 0.15) is 39.5 Å². The van der Waals surface area contributed by atoms with Crippen molar-refractivity contribution in [3.8, 4) is 0 Å². The summed E-state index contributed by atoms with van der Waals surface area (Å²) in [5.41, 5.74) is 12.3. The summed E-state index contributed by atoms with van der Waals surface area (Å²) >= 11 is 0. The molecule has 160 valence electrons. The zero-order valence-electron chi connectivity index (χ0n) is 18.0. The summed E-state index contributed by atoms with van der Waals surface area (Å²) < 4.78 is 0. The molecule has 0 atom stereocenters. The third-order valence-corrected chi connectivity index (χ3v) is 4.01. The minimum absolute atomic E-state index is 0. The third-order valence-electron chi connectivity index (χ3n) is 4.01. The monoisotopic (exact) mass is 740 g/mol. The molecule has 5 fully saturated rings. The molecule has 0 aromatic heterocycles.